The lowest BCUT2D eigenvalue weighted by Crippen LogP contribution is -2.42. The Labute approximate surface area is 175 Å². The predicted molar refractivity (Wildman–Crippen MR) is 112 cm³/mol. The summed E-state index contributed by atoms with van der Waals surface area (Å²) in [5.74, 6) is -0.375. The average molecular weight is 442 g/mol. The van der Waals surface area contributed by atoms with Gasteiger partial charge in [-0.15, -0.1) is 12.4 Å². The fourth-order valence-corrected chi connectivity index (χ4v) is 4.09. The summed E-state index contributed by atoms with van der Waals surface area (Å²) in [6.07, 6.45) is 1.96. The Morgan fingerprint density at radius 2 is 1.79 bits per heavy atom. The van der Waals surface area contributed by atoms with Crippen molar-refractivity contribution in [3.8, 4) is 0 Å². The zero-order chi connectivity index (χ0) is 20.1. The number of benzene rings is 2. The maximum Gasteiger partial charge on any atom is 0.240 e. The van der Waals surface area contributed by atoms with Crippen molar-refractivity contribution in [3.05, 3.63) is 72.3 Å². The van der Waals surface area contributed by atoms with Gasteiger partial charge in [0, 0.05) is 36.8 Å². The number of pyridine rings is 1. The average Bonchev–Trinajstić information content (AvgIpc) is 2.67. The molecule has 0 saturated heterocycles. The summed E-state index contributed by atoms with van der Waals surface area (Å²) in [5.41, 5.74) is 0.653. The number of aromatic nitrogens is 1. The Morgan fingerprint density at radius 3 is 2.52 bits per heavy atom. The van der Waals surface area contributed by atoms with E-state index in [0.29, 0.717) is 5.56 Å². The lowest BCUT2D eigenvalue weighted by molar-refractivity contribution is 0.266. The number of sulfonamides is 1. The number of alkyl halides is 1. The molecule has 0 aliphatic heterocycles. The summed E-state index contributed by atoms with van der Waals surface area (Å²) in [7, 11) is -3.74. The van der Waals surface area contributed by atoms with E-state index < -0.39 is 22.4 Å². The van der Waals surface area contributed by atoms with Crippen LogP contribution in [0.2, 0.25) is 0 Å². The maximum absolute atomic E-state index is 14.1. The molecular formula is C20H22ClF2N3O2S. The van der Waals surface area contributed by atoms with E-state index in [0.717, 1.165) is 10.8 Å². The second-order valence-electron chi connectivity index (χ2n) is 6.61. The Hall–Kier alpha value is -2.13. The molecule has 0 fully saturated rings. The van der Waals surface area contributed by atoms with Gasteiger partial charge in [-0.1, -0.05) is 18.2 Å². The highest BCUT2D eigenvalue weighted by Gasteiger charge is 2.18. The molecule has 5 nitrogen and oxygen atoms in total. The normalized spacial score (nSPS) is 13.6. The predicted octanol–water partition coefficient (Wildman–Crippen LogP) is 3.59. The minimum absolute atomic E-state index is 0. The largest absolute Gasteiger partial charge is 0.286 e. The molecule has 2 unspecified atom stereocenters. The summed E-state index contributed by atoms with van der Waals surface area (Å²) < 4.78 is 54.7. The van der Waals surface area contributed by atoms with Gasteiger partial charge in [0.25, 0.3) is 0 Å². The van der Waals surface area contributed by atoms with Crippen LogP contribution in [0.5, 0.6) is 0 Å². The fourth-order valence-electron chi connectivity index (χ4n) is 2.81. The Morgan fingerprint density at radius 1 is 1.07 bits per heavy atom. The van der Waals surface area contributed by atoms with Gasteiger partial charge in [-0.3, -0.25) is 10.3 Å². The smallest absolute Gasteiger partial charge is 0.240 e. The molecule has 0 saturated carbocycles. The van der Waals surface area contributed by atoms with E-state index in [-0.39, 0.29) is 36.1 Å². The van der Waals surface area contributed by atoms with Gasteiger partial charge in [-0.05, 0) is 48.2 Å². The number of nitrogens with zero attached hydrogens (tertiary/aromatic N) is 1. The Bertz CT molecular complexity index is 1050. The van der Waals surface area contributed by atoms with Gasteiger partial charge >= 0.3 is 0 Å². The van der Waals surface area contributed by atoms with Gasteiger partial charge in [0.05, 0.1) is 4.90 Å². The number of halogens is 3. The van der Waals surface area contributed by atoms with E-state index in [2.05, 4.69) is 15.0 Å². The fraction of sp³-hybridized carbons (Fsp3) is 0.250. The molecule has 29 heavy (non-hydrogen) atoms. The van der Waals surface area contributed by atoms with Crippen molar-refractivity contribution in [3.63, 3.8) is 0 Å². The van der Waals surface area contributed by atoms with Gasteiger partial charge < -0.3 is 0 Å². The van der Waals surface area contributed by atoms with Gasteiger partial charge in [-0.25, -0.2) is 21.9 Å². The third kappa shape index (κ3) is 6.43. The molecule has 2 atom stereocenters. The van der Waals surface area contributed by atoms with Crippen LogP contribution < -0.4 is 10.0 Å². The van der Waals surface area contributed by atoms with Crippen molar-refractivity contribution < 1.29 is 17.2 Å². The van der Waals surface area contributed by atoms with E-state index in [1.165, 1.54) is 30.3 Å². The molecule has 3 rings (SSSR count). The zero-order valence-corrected chi connectivity index (χ0v) is 17.3. The van der Waals surface area contributed by atoms with Gasteiger partial charge in [0.15, 0.2) is 6.30 Å². The summed E-state index contributed by atoms with van der Waals surface area (Å²) in [4.78, 5) is 4.14. The molecule has 0 spiro atoms. The third-order valence-corrected chi connectivity index (χ3v) is 5.84. The number of fused-ring (bicyclic) bond motifs is 1. The van der Waals surface area contributed by atoms with Crippen molar-refractivity contribution in [2.75, 3.05) is 6.54 Å². The van der Waals surface area contributed by atoms with Gasteiger partial charge in [0.1, 0.15) is 5.82 Å². The summed E-state index contributed by atoms with van der Waals surface area (Å²) in [6.45, 7) is 1.76. The highest BCUT2D eigenvalue weighted by atomic mass is 35.5. The molecule has 2 N–H and O–H groups in total. The number of rotatable bonds is 8. The SMILES string of the molecule is CC(CNC(F)Cc1ccc(F)cc1)NS(=O)(=O)c1ccc2cnccc2c1.Cl. The first-order valence-electron chi connectivity index (χ1n) is 8.81. The van der Waals surface area contributed by atoms with E-state index in [1.54, 1.807) is 37.5 Å². The third-order valence-electron chi connectivity index (χ3n) is 4.25. The molecule has 1 aromatic heterocycles. The lowest BCUT2D eigenvalue weighted by atomic mass is 10.1. The first-order chi connectivity index (χ1) is 13.3. The Kier molecular flexibility index (Phi) is 8.04. The second kappa shape index (κ2) is 10.1. The molecule has 0 radical (unpaired) electrons. The van der Waals surface area contributed by atoms with Crippen LogP contribution >= 0.6 is 12.4 Å². The van der Waals surface area contributed by atoms with Crippen LogP contribution in [-0.4, -0.2) is 32.3 Å². The van der Waals surface area contributed by atoms with E-state index in [9.17, 15) is 17.2 Å². The molecule has 1 heterocycles. The van der Waals surface area contributed by atoms with Crippen molar-refractivity contribution in [1.82, 2.24) is 15.0 Å². The number of hydrogen-bond acceptors (Lipinski definition) is 4. The topological polar surface area (TPSA) is 71.1 Å². The Balaban J connectivity index is 0.00000300. The quantitative estimate of drug-likeness (QED) is 0.524. The molecule has 0 aliphatic carbocycles. The zero-order valence-electron chi connectivity index (χ0n) is 15.7. The molecule has 3 aromatic rings. The highest BCUT2D eigenvalue weighted by Crippen LogP contribution is 2.18. The standard InChI is InChI=1S/C20H21F2N3O2S.ClH/c1-14(12-24-20(22)10-15-2-5-18(21)6-3-15)25-28(26,27)19-7-4-17-13-23-9-8-16(17)11-19;/h2-9,11,13-14,20,24-25H,10,12H2,1H3;1H. The van der Waals surface area contributed by atoms with Crippen molar-refractivity contribution in [1.29, 1.82) is 0 Å². The molecule has 9 heteroatoms. The van der Waals surface area contributed by atoms with E-state index in [1.807, 2.05) is 0 Å². The van der Waals surface area contributed by atoms with Gasteiger partial charge in [0.2, 0.25) is 10.0 Å². The first-order valence-corrected chi connectivity index (χ1v) is 10.3. The summed E-state index contributed by atoms with van der Waals surface area (Å²) in [6, 6.07) is 11.6. The number of hydrogen-bond donors (Lipinski definition) is 2. The monoisotopic (exact) mass is 441 g/mol. The van der Waals surface area contributed by atoms with Crippen molar-refractivity contribution in [2.45, 2.75) is 30.6 Å². The molecule has 0 amide bonds. The molecule has 0 aliphatic rings. The van der Waals surface area contributed by atoms with Gasteiger partial charge in [-0.2, -0.15) is 0 Å². The highest BCUT2D eigenvalue weighted by molar-refractivity contribution is 7.89. The first kappa shape index (κ1) is 23.2. The van der Waals surface area contributed by atoms with Crippen molar-refractivity contribution in [2.24, 2.45) is 0 Å². The molecular weight excluding hydrogens is 420 g/mol. The molecule has 2 aromatic carbocycles. The van der Waals surface area contributed by atoms with Crippen LogP contribution in [0.4, 0.5) is 8.78 Å². The van der Waals surface area contributed by atoms with Crippen LogP contribution in [0, 0.1) is 5.82 Å². The van der Waals surface area contributed by atoms with Crippen molar-refractivity contribution >= 4 is 33.2 Å². The van der Waals surface area contributed by atoms with E-state index in [4.69, 9.17) is 0 Å². The van der Waals surface area contributed by atoms with Crippen LogP contribution in [0.3, 0.4) is 0 Å². The van der Waals surface area contributed by atoms with Crippen LogP contribution in [0.1, 0.15) is 12.5 Å². The summed E-state index contributed by atoms with van der Waals surface area (Å²) >= 11 is 0. The lowest BCUT2D eigenvalue weighted by Gasteiger charge is -2.17. The molecule has 0 bridgehead atoms. The minimum Gasteiger partial charge on any atom is -0.286 e. The van der Waals surface area contributed by atoms with E-state index >= 15 is 0 Å². The van der Waals surface area contributed by atoms with Crippen LogP contribution in [-0.2, 0) is 16.4 Å². The molecule has 156 valence electrons. The second-order valence-corrected chi connectivity index (χ2v) is 8.33. The summed E-state index contributed by atoms with van der Waals surface area (Å²) in [5, 5.41) is 4.27. The minimum atomic E-state index is -3.74. The maximum atomic E-state index is 14.1. The van der Waals surface area contributed by atoms with Crippen LogP contribution in [0.25, 0.3) is 10.8 Å². The van der Waals surface area contributed by atoms with Crippen LogP contribution in [0.15, 0.2) is 65.8 Å². The number of nitrogens with one attached hydrogen (secondary N) is 2.